The van der Waals surface area contributed by atoms with Crippen LogP contribution in [0.5, 0.6) is 11.5 Å². The van der Waals surface area contributed by atoms with Crippen molar-refractivity contribution in [2.75, 3.05) is 14.2 Å². The van der Waals surface area contributed by atoms with Crippen LogP contribution in [0.3, 0.4) is 0 Å². The molecule has 3 aromatic rings. The van der Waals surface area contributed by atoms with Crippen LogP contribution < -0.4 is 14.2 Å². The number of hydrogen-bond acceptors (Lipinski definition) is 6. The number of furan rings is 1. The van der Waals surface area contributed by atoms with Gasteiger partial charge in [-0.05, 0) is 29.8 Å². The van der Waals surface area contributed by atoms with E-state index in [0.717, 1.165) is 16.8 Å². The minimum atomic E-state index is -3.78. The summed E-state index contributed by atoms with van der Waals surface area (Å²) >= 11 is 0. The Labute approximate surface area is 151 Å². The van der Waals surface area contributed by atoms with Gasteiger partial charge in [0.1, 0.15) is 16.4 Å². The van der Waals surface area contributed by atoms with Gasteiger partial charge in [0.05, 0.1) is 32.4 Å². The van der Waals surface area contributed by atoms with E-state index in [1.165, 1.54) is 20.3 Å². The molecular weight excluding hydrogens is 356 g/mol. The van der Waals surface area contributed by atoms with Crippen LogP contribution in [-0.4, -0.2) is 27.6 Å². The number of aromatic nitrogens is 1. The lowest BCUT2D eigenvalue weighted by molar-refractivity contribution is 0.392. The van der Waals surface area contributed by atoms with Gasteiger partial charge in [0.2, 0.25) is 10.0 Å². The summed E-state index contributed by atoms with van der Waals surface area (Å²) in [6.07, 6.45) is 4.79. The van der Waals surface area contributed by atoms with Gasteiger partial charge in [-0.1, -0.05) is 6.07 Å². The van der Waals surface area contributed by atoms with Crippen molar-refractivity contribution in [1.29, 1.82) is 0 Å². The van der Waals surface area contributed by atoms with Crippen molar-refractivity contribution in [3.63, 3.8) is 0 Å². The highest BCUT2D eigenvalue weighted by Gasteiger charge is 2.20. The van der Waals surface area contributed by atoms with Gasteiger partial charge < -0.3 is 13.9 Å². The maximum absolute atomic E-state index is 12.6. The molecule has 0 amide bonds. The Morgan fingerprint density at radius 3 is 2.58 bits per heavy atom. The molecule has 0 saturated carbocycles. The van der Waals surface area contributed by atoms with Crippen molar-refractivity contribution in [2.24, 2.45) is 0 Å². The molecule has 26 heavy (non-hydrogen) atoms. The zero-order chi connectivity index (χ0) is 18.6. The average molecular weight is 374 g/mol. The molecule has 0 aliphatic rings. The van der Waals surface area contributed by atoms with Crippen molar-refractivity contribution in [2.45, 2.75) is 11.4 Å². The Morgan fingerprint density at radius 1 is 1.12 bits per heavy atom. The number of rotatable bonds is 7. The van der Waals surface area contributed by atoms with E-state index in [9.17, 15) is 8.42 Å². The van der Waals surface area contributed by atoms with Crippen LogP contribution >= 0.6 is 0 Å². The maximum atomic E-state index is 12.6. The molecule has 136 valence electrons. The zero-order valence-corrected chi connectivity index (χ0v) is 15.1. The first-order valence-electron chi connectivity index (χ1n) is 7.72. The first-order valence-corrected chi connectivity index (χ1v) is 9.21. The minimum Gasteiger partial charge on any atom is -0.497 e. The first kappa shape index (κ1) is 18.0. The summed E-state index contributed by atoms with van der Waals surface area (Å²) in [5.41, 5.74) is 2.33. The van der Waals surface area contributed by atoms with Crippen LogP contribution in [0.4, 0.5) is 0 Å². The average Bonchev–Trinajstić information content (AvgIpc) is 3.21. The fourth-order valence-electron chi connectivity index (χ4n) is 2.36. The molecule has 0 aliphatic heterocycles. The molecule has 0 fully saturated rings. The lowest BCUT2D eigenvalue weighted by atomic mass is 10.2. The fourth-order valence-corrected chi connectivity index (χ4v) is 3.56. The summed E-state index contributed by atoms with van der Waals surface area (Å²) in [7, 11) is -0.898. The predicted octanol–water partition coefficient (Wildman–Crippen LogP) is 2.84. The number of hydrogen-bond donors (Lipinski definition) is 1. The van der Waals surface area contributed by atoms with Crippen LogP contribution in [0, 0.1) is 0 Å². The topological polar surface area (TPSA) is 90.7 Å². The highest BCUT2D eigenvalue weighted by molar-refractivity contribution is 7.89. The third-order valence-electron chi connectivity index (χ3n) is 3.77. The van der Waals surface area contributed by atoms with Crippen molar-refractivity contribution < 1.29 is 22.3 Å². The van der Waals surface area contributed by atoms with E-state index in [2.05, 4.69) is 9.71 Å². The van der Waals surface area contributed by atoms with E-state index in [1.54, 1.807) is 49.1 Å². The molecule has 0 spiro atoms. The molecule has 8 heteroatoms. The fraction of sp³-hybridized carbons (Fsp3) is 0.167. The van der Waals surface area contributed by atoms with Crippen LogP contribution in [0.2, 0.25) is 0 Å². The van der Waals surface area contributed by atoms with E-state index < -0.39 is 10.0 Å². The molecule has 7 nitrogen and oxygen atoms in total. The lowest BCUT2D eigenvalue weighted by Crippen LogP contribution is -2.24. The molecule has 3 rings (SSSR count). The van der Waals surface area contributed by atoms with Gasteiger partial charge >= 0.3 is 0 Å². The predicted molar refractivity (Wildman–Crippen MR) is 95.5 cm³/mol. The Hall–Kier alpha value is -2.84. The van der Waals surface area contributed by atoms with Gasteiger partial charge in [0.15, 0.2) is 0 Å². The summed E-state index contributed by atoms with van der Waals surface area (Å²) < 4.78 is 43.1. The Kier molecular flexibility index (Phi) is 5.24. The molecular formula is C18H18N2O5S. The number of nitrogens with one attached hydrogen (secondary N) is 1. The van der Waals surface area contributed by atoms with E-state index >= 15 is 0 Å². The summed E-state index contributed by atoms with van der Waals surface area (Å²) in [4.78, 5) is 4.33. The van der Waals surface area contributed by atoms with Crippen LogP contribution in [0.1, 0.15) is 5.56 Å². The van der Waals surface area contributed by atoms with Gasteiger partial charge in [-0.15, -0.1) is 0 Å². The molecule has 0 saturated heterocycles. The quantitative estimate of drug-likeness (QED) is 0.684. The van der Waals surface area contributed by atoms with Gasteiger partial charge in [-0.3, -0.25) is 4.98 Å². The molecule has 0 radical (unpaired) electrons. The molecule has 2 aromatic heterocycles. The van der Waals surface area contributed by atoms with Gasteiger partial charge in [-0.25, -0.2) is 13.1 Å². The van der Waals surface area contributed by atoms with Crippen LogP contribution in [0.15, 0.2) is 64.4 Å². The number of sulfonamides is 1. The normalized spacial score (nSPS) is 11.3. The highest BCUT2D eigenvalue weighted by Crippen LogP contribution is 2.28. The molecule has 0 bridgehead atoms. The van der Waals surface area contributed by atoms with Crippen molar-refractivity contribution in [3.05, 3.63) is 60.7 Å². The van der Waals surface area contributed by atoms with E-state index in [1.807, 2.05) is 0 Å². The van der Waals surface area contributed by atoms with Crippen molar-refractivity contribution in [1.82, 2.24) is 9.71 Å². The second-order valence-corrected chi connectivity index (χ2v) is 7.14. The minimum absolute atomic E-state index is 0.0160. The van der Waals surface area contributed by atoms with Gasteiger partial charge in [-0.2, -0.15) is 0 Å². The number of ether oxygens (including phenoxy) is 2. The third-order valence-corrected chi connectivity index (χ3v) is 5.19. The molecule has 0 aliphatic carbocycles. The van der Waals surface area contributed by atoms with E-state index in [4.69, 9.17) is 13.9 Å². The zero-order valence-electron chi connectivity index (χ0n) is 14.3. The number of benzene rings is 1. The summed E-state index contributed by atoms with van der Waals surface area (Å²) in [6.45, 7) is 0.0986. The van der Waals surface area contributed by atoms with Crippen molar-refractivity contribution >= 4 is 10.0 Å². The second kappa shape index (κ2) is 7.59. The van der Waals surface area contributed by atoms with E-state index in [-0.39, 0.29) is 17.2 Å². The van der Waals surface area contributed by atoms with Crippen LogP contribution in [0.25, 0.3) is 11.3 Å². The highest BCUT2D eigenvalue weighted by atomic mass is 32.2. The molecule has 0 atom stereocenters. The molecule has 0 unspecified atom stereocenters. The van der Waals surface area contributed by atoms with Crippen LogP contribution in [-0.2, 0) is 16.6 Å². The van der Waals surface area contributed by atoms with Crippen molar-refractivity contribution in [3.8, 4) is 22.8 Å². The smallest absolute Gasteiger partial charge is 0.244 e. The monoisotopic (exact) mass is 374 g/mol. The first-order chi connectivity index (χ1) is 12.5. The third kappa shape index (κ3) is 3.87. The lowest BCUT2D eigenvalue weighted by Gasteiger charge is -2.12. The number of methoxy groups -OCH3 is 2. The Balaban J connectivity index is 1.76. The van der Waals surface area contributed by atoms with Gasteiger partial charge in [0.25, 0.3) is 0 Å². The Bertz CT molecular complexity index is 967. The largest absolute Gasteiger partial charge is 0.497 e. The molecule has 1 N–H and O–H groups in total. The SMILES string of the molecule is COc1ccc(OC)c(S(=O)(=O)NCc2ccc(-c3ccoc3)nc2)c1. The maximum Gasteiger partial charge on any atom is 0.244 e. The summed E-state index contributed by atoms with van der Waals surface area (Å²) in [5, 5.41) is 0. The molecule has 1 aromatic carbocycles. The standard InChI is InChI=1S/C18H18N2O5S/c1-23-15-4-6-17(24-2)18(9-15)26(21,22)20-11-13-3-5-16(19-10-13)14-7-8-25-12-14/h3-10,12,20H,11H2,1-2H3. The van der Waals surface area contributed by atoms with Gasteiger partial charge in [0, 0.05) is 24.4 Å². The van der Waals surface area contributed by atoms with E-state index in [0.29, 0.717) is 5.75 Å². The number of nitrogens with zero attached hydrogens (tertiary/aromatic N) is 1. The molecule has 2 heterocycles. The number of pyridine rings is 1. The second-order valence-electron chi connectivity index (χ2n) is 5.41. The Morgan fingerprint density at radius 2 is 1.96 bits per heavy atom. The summed E-state index contributed by atoms with van der Waals surface area (Å²) in [5.74, 6) is 0.670. The summed E-state index contributed by atoms with van der Waals surface area (Å²) in [6, 6.07) is 10.0.